The van der Waals surface area contributed by atoms with Crippen LogP contribution in [-0.4, -0.2) is 19.5 Å². The number of anilines is 1. The van der Waals surface area contributed by atoms with E-state index in [0.717, 1.165) is 17.7 Å². The third kappa shape index (κ3) is 4.80. The Morgan fingerprint density at radius 3 is 2.67 bits per heavy atom. The minimum Gasteiger partial charge on any atom is -0.388 e. The molecule has 0 saturated heterocycles. The van der Waals surface area contributed by atoms with Crippen LogP contribution in [-0.2, 0) is 0 Å². The number of nitrogens with one attached hydrogen (secondary N) is 2. The van der Waals surface area contributed by atoms with Gasteiger partial charge in [0.15, 0.2) is 0 Å². The Bertz CT molecular complexity index is 606. The summed E-state index contributed by atoms with van der Waals surface area (Å²) in [6.45, 7) is 0.635. The highest BCUT2D eigenvalue weighted by Crippen LogP contribution is 2.11. The van der Waals surface area contributed by atoms with Gasteiger partial charge in [0.25, 0.3) is 5.91 Å². The van der Waals surface area contributed by atoms with Gasteiger partial charge in [0.05, 0.1) is 0 Å². The molecule has 21 heavy (non-hydrogen) atoms. The van der Waals surface area contributed by atoms with Gasteiger partial charge in [-0.2, -0.15) is 0 Å². The van der Waals surface area contributed by atoms with Crippen molar-refractivity contribution in [1.29, 1.82) is 0 Å². The second-order valence-corrected chi connectivity index (χ2v) is 4.69. The average Bonchev–Trinajstić information content (AvgIpc) is 2.55. The van der Waals surface area contributed by atoms with Crippen molar-refractivity contribution in [2.24, 2.45) is 0 Å². The van der Waals surface area contributed by atoms with Gasteiger partial charge in [0.1, 0.15) is 0 Å². The first kappa shape index (κ1) is 14.9. The van der Waals surface area contributed by atoms with E-state index in [4.69, 9.17) is 0 Å². The van der Waals surface area contributed by atoms with Crippen LogP contribution in [0, 0.1) is 0 Å². The molecule has 0 radical (unpaired) electrons. The highest BCUT2D eigenvalue weighted by atomic mass is 16.1. The maximum atomic E-state index is 11.8. The summed E-state index contributed by atoms with van der Waals surface area (Å²) in [6.07, 6.45) is 4.94. The Labute approximate surface area is 125 Å². The summed E-state index contributed by atoms with van der Waals surface area (Å²) in [5, 5.41) is 6.02. The fourth-order valence-electron chi connectivity index (χ4n) is 1.98. The molecule has 3 nitrogen and oxygen atoms in total. The summed E-state index contributed by atoms with van der Waals surface area (Å²) < 4.78 is 0. The smallest absolute Gasteiger partial charge is 0.251 e. The zero-order valence-corrected chi connectivity index (χ0v) is 12.2. The normalized spacial score (nSPS) is 10.5. The minimum absolute atomic E-state index is 0.0267. The van der Waals surface area contributed by atoms with Gasteiger partial charge in [-0.1, -0.05) is 42.5 Å². The minimum atomic E-state index is -0.0267. The molecule has 0 aliphatic rings. The van der Waals surface area contributed by atoms with E-state index >= 15 is 0 Å². The van der Waals surface area contributed by atoms with E-state index in [1.54, 1.807) is 0 Å². The van der Waals surface area contributed by atoms with Crippen molar-refractivity contribution in [3.8, 4) is 0 Å². The first-order chi connectivity index (χ1) is 10.3. The van der Waals surface area contributed by atoms with Gasteiger partial charge in [-0.3, -0.25) is 4.79 Å². The second-order valence-electron chi connectivity index (χ2n) is 4.69. The quantitative estimate of drug-likeness (QED) is 0.794. The lowest BCUT2D eigenvalue weighted by Gasteiger charge is -2.03. The van der Waals surface area contributed by atoms with Crippen molar-refractivity contribution in [1.82, 2.24) is 5.32 Å². The van der Waals surface area contributed by atoms with Gasteiger partial charge in [-0.25, -0.2) is 0 Å². The number of hydrogen-bond acceptors (Lipinski definition) is 2. The van der Waals surface area contributed by atoms with Crippen LogP contribution in [0.4, 0.5) is 5.69 Å². The Morgan fingerprint density at radius 1 is 1.10 bits per heavy atom. The van der Waals surface area contributed by atoms with Crippen molar-refractivity contribution in [2.75, 3.05) is 18.9 Å². The first-order valence-electron chi connectivity index (χ1n) is 7.07. The largest absolute Gasteiger partial charge is 0.388 e. The third-order valence-corrected chi connectivity index (χ3v) is 3.12. The summed E-state index contributed by atoms with van der Waals surface area (Å²) in [5.74, 6) is -0.0267. The zero-order chi connectivity index (χ0) is 14.9. The van der Waals surface area contributed by atoms with Crippen LogP contribution in [0.3, 0.4) is 0 Å². The molecule has 0 aliphatic heterocycles. The number of benzene rings is 2. The summed E-state index contributed by atoms with van der Waals surface area (Å²) in [5.41, 5.74) is 2.94. The number of rotatable bonds is 6. The molecule has 0 fully saturated rings. The zero-order valence-electron chi connectivity index (χ0n) is 12.2. The molecule has 0 spiro atoms. The summed E-state index contributed by atoms with van der Waals surface area (Å²) in [7, 11) is 1.90. The van der Waals surface area contributed by atoms with E-state index in [1.807, 2.05) is 49.5 Å². The molecule has 3 heteroatoms. The number of carbonyl (C=O) groups excluding carboxylic acids is 1. The maximum absolute atomic E-state index is 11.8. The lowest BCUT2D eigenvalue weighted by molar-refractivity contribution is 0.0954. The van der Waals surface area contributed by atoms with E-state index in [0.29, 0.717) is 12.1 Å². The Balaban J connectivity index is 1.76. The molecule has 0 saturated carbocycles. The predicted octanol–water partition coefficient (Wildman–Crippen LogP) is 3.56. The molecule has 2 rings (SSSR count). The van der Waals surface area contributed by atoms with E-state index in [2.05, 4.69) is 34.9 Å². The Hall–Kier alpha value is -2.55. The molecule has 2 aromatic carbocycles. The van der Waals surface area contributed by atoms with Gasteiger partial charge in [0, 0.05) is 24.8 Å². The lowest BCUT2D eigenvalue weighted by atomic mass is 10.1. The van der Waals surface area contributed by atoms with Crippen molar-refractivity contribution in [3.05, 3.63) is 71.8 Å². The lowest BCUT2D eigenvalue weighted by Crippen LogP contribution is -2.23. The fraction of sp³-hybridized carbons (Fsp3) is 0.167. The van der Waals surface area contributed by atoms with Gasteiger partial charge in [0.2, 0.25) is 0 Å². The molecule has 0 unspecified atom stereocenters. The maximum Gasteiger partial charge on any atom is 0.251 e. The average molecular weight is 280 g/mol. The predicted molar refractivity (Wildman–Crippen MR) is 88.4 cm³/mol. The van der Waals surface area contributed by atoms with Crippen molar-refractivity contribution >= 4 is 17.7 Å². The number of hydrogen-bond donors (Lipinski definition) is 2. The fourth-order valence-corrected chi connectivity index (χ4v) is 1.98. The van der Waals surface area contributed by atoms with E-state index in [1.165, 1.54) is 0 Å². The van der Waals surface area contributed by atoms with Crippen LogP contribution in [0.2, 0.25) is 0 Å². The molecule has 0 bridgehead atoms. The SMILES string of the molecule is CNc1cccc(C=CCCNC(=O)c2ccccc2)c1. The van der Waals surface area contributed by atoms with Gasteiger partial charge in [-0.05, 0) is 36.2 Å². The molecule has 2 aromatic rings. The van der Waals surface area contributed by atoms with E-state index in [-0.39, 0.29) is 5.91 Å². The molecule has 1 amide bonds. The van der Waals surface area contributed by atoms with Gasteiger partial charge in [-0.15, -0.1) is 0 Å². The summed E-state index contributed by atoms with van der Waals surface area (Å²) in [6, 6.07) is 17.4. The van der Waals surface area contributed by atoms with Crippen molar-refractivity contribution in [3.63, 3.8) is 0 Å². The molecule has 0 atom stereocenters. The highest BCUT2D eigenvalue weighted by molar-refractivity contribution is 5.94. The van der Waals surface area contributed by atoms with Crippen LogP contribution in [0.15, 0.2) is 60.7 Å². The van der Waals surface area contributed by atoms with Crippen molar-refractivity contribution < 1.29 is 4.79 Å². The van der Waals surface area contributed by atoms with Crippen LogP contribution < -0.4 is 10.6 Å². The monoisotopic (exact) mass is 280 g/mol. The van der Waals surface area contributed by atoms with Gasteiger partial charge >= 0.3 is 0 Å². The molecule has 108 valence electrons. The Kier molecular flexibility index (Phi) is 5.59. The van der Waals surface area contributed by atoms with Crippen LogP contribution in [0.25, 0.3) is 6.08 Å². The first-order valence-corrected chi connectivity index (χ1v) is 7.07. The number of carbonyl (C=O) groups is 1. The Morgan fingerprint density at radius 2 is 1.90 bits per heavy atom. The van der Waals surface area contributed by atoms with E-state index < -0.39 is 0 Å². The molecular weight excluding hydrogens is 260 g/mol. The van der Waals surface area contributed by atoms with Crippen LogP contribution in [0.5, 0.6) is 0 Å². The molecule has 0 heterocycles. The molecule has 0 aromatic heterocycles. The molecular formula is C18H20N2O. The third-order valence-electron chi connectivity index (χ3n) is 3.12. The topological polar surface area (TPSA) is 41.1 Å². The van der Waals surface area contributed by atoms with Gasteiger partial charge < -0.3 is 10.6 Å². The van der Waals surface area contributed by atoms with Crippen LogP contribution in [0.1, 0.15) is 22.3 Å². The standard InChI is InChI=1S/C18H20N2O/c1-19-17-12-7-9-15(14-17)8-5-6-13-20-18(21)16-10-3-2-4-11-16/h2-5,7-12,14,19H,6,13H2,1H3,(H,20,21). The number of amides is 1. The van der Waals surface area contributed by atoms with Crippen molar-refractivity contribution in [2.45, 2.75) is 6.42 Å². The molecule has 0 aliphatic carbocycles. The van der Waals surface area contributed by atoms with Crippen LogP contribution >= 0.6 is 0 Å². The van der Waals surface area contributed by atoms with E-state index in [9.17, 15) is 4.79 Å². The highest BCUT2D eigenvalue weighted by Gasteiger charge is 2.01. The summed E-state index contributed by atoms with van der Waals surface area (Å²) >= 11 is 0. The molecule has 2 N–H and O–H groups in total. The summed E-state index contributed by atoms with van der Waals surface area (Å²) in [4.78, 5) is 11.8. The second kappa shape index (κ2) is 7.90.